The van der Waals surface area contributed by atoms with Gasteiger partial charge in [0.2, 0.25) is 0 Å². The van der Waals surface area contributed by atoms with Crippen molar-refractivity contribution in [3.8, 4) is 61.6 Å². The number of hydrogen-bond acceptors (Lipinski definition) is 3. The maximum atomic E-state index is 5.12. The largest absolute Gasteiger partial charge is 0.310 e. The Labute approximate surface area is 357 Å². The molecule has 3 heterocycles. The standard InChI is InChI=1S/C57H44N4/c1-39-38-59-54(37-53(39)46-28-26-44(27-29-46)42-17-7-4-8-18-42)48-33-47(43-19-9-5-10-20-43)34-50(35-48)61(55-24-14-13-23-52(55)45-21-11-6-12-22-45)49-30-31-51-40(2)41(3)60(56(51)36-49)57-25-15-16-32-58-57/h4-38H,1-3H3. The van der Waals surface area contributed by atoms with E-state index in [-0.39, 0.29) is 0 Å². The second-order valence-corrected chi connectivity index (χ2v) is 15.6. The average molecular weight is 785 g/mol. The molecule has 292 valence electrons. The van der Waals surface area contributed by atoms with E-state index in [1.54, 1.807) is 0 Å². The van der Waals surface area contributed by atoms with Crippen molar-refractivity contribution in [3.05, 3.63) is 229 Å². The molecule has 0 N–H and O–H groups in total. The van der Waals surface area contributed by atoms with Crippen molar-refractivity contribution in [2.75, 3.05) is 4.90 Å². The molecule has 0 aliphatic rings. The van der Waals surface area contributed by atoms with Gasteiger partial charge in [-0.15, -0.1) is 0 Å². The predicted molar refractivity (Wildman–Crippen MR) is 255 cm³/mol. The van der Waals surface area contributed by atoms with Crippen molar-refractivity contribution in [3.63, 3.8) is 0 Å². The molecule has 0 spiro atoms. The number of nitrogens with zero attached hydrogens (tertiary/aromatic N) is 4. The molecule has 0 unspecified atom stereocenters. The first-order valence-corrected chi connectivity index (χ1v) is 20.8. The van der Waals surface area contributed by atoms with Crippen molar-refractivity contribution < 1.29 is 0 Å². The molecule has 10 rings (SSSR count). The Bertz CT molecular complexity index is 3140. The summed E-state index contributed by atoms with van der Waals surface area (Å²) in [6.45, 7) is 6.53. The van der Waals surface area contributed by atoms with Crippen LogP contribution in [0.25, 0.3) is 72.5 Å². The van der Waals surface area contributed by atoms with Crippen molar-refractivity contribution in [2.45, 2.75) is 20.8 Å². The fraction of sp³-hybridized carbons (Fsp3) is 0.0526. The number of aromatic nitrogens is 3. The highest BCUT2D eigenvalue weighted by atomic mass is 15.1. The topological polar surface area (TPSA) is 34.0 Å². The third-order valence-corrected chi connectivity index (χ3v) is 11.9. The van der Waals surface area contributed by atoms with E-state index in [0.717, 1.165) is 78.6 Å². The Morgan fingerprint density at radius 1 is 0.426 bits per heavy atom. The highest BCUT2D eigenvalue weighted by molar-refractivity contribution is 5.96. The van der Waals surface area contributed by atoms with Crippen LogP contribution in [0.3, 0.4) is 0 Å². The lowest BCUT2D eigenvalue weighted by atomic mass is 9.95. The second kappa shape index (κ2) is 16.1. The molecular formula is C57H44N4. The molecule has 3 aromatic heterocycles. The van der Waals surface area contributed by atoms with Gasteiger partial charge in [0.15, 0.2) is 0 Å². The van der Waals surface area contributed by atoms with E-state index in [9.17, 15) is 0 Å². The molecule has 7 aromatic carbocycles. The minimum Gasteiger partial charge on any atom is -0.310 e. The maximum absolute atomic E-state index is 5.12. The van der Waals surface area contributed by atoms with Gasteiger partial charge in [-0.2, -0.15) is 0 Å². The van der Waals surface area contributed by atoms with Crippen molar-refractivity contribution in [1.29, 1.82) is 0 Å². The molecule has 0 saturated heterocycles. The van der Waals surface area contributed by atoms with Gasteiger partial charge in [0, 0.05) is 46.0 Å². The van der Waals surface area contributed by atoms with E-state index in [1.165, 1.54) is 27.8 Å². The lowest BCUT2D eigenvalue weighted by Crippen LogP contribution is -2.12. The van der Waals surface area contributed by atoms with Gasteiger partial charge in [-0.25, -0.2) is 4.98 Å². The number of pyridine rings is 2. The van der Waals surface area contributed by atoms with E-state index in [1.807, 2.05) is 18.5 Å². The molecule has 10 aromatic rings. The molecule has 0 aliphatic carbocycles. The highest BCUT2D eigenvalue weighted by Crippen LogP contribution is 2.45. The third kappa shape index (κ3) is 7.19. The zero-order valence-electron chi connectivity index (χ0n) is 34.5. The third-order valence-electron chi connectivity index (χ3n) is 11.9. The highest BCUT2D eigenvalue weighted by Gasteiger charge is 2.22. The molecule has 0 amide bonds. The summed E-state index contributed by atoms with van der Waals surface area (Å²) in [5, 5.41) is 1.20. The Balaban J connectivity index is 1.19. The van der Waals surface area contributed by atoms with Crippen molar-refractivity contribution >= 4 is 28.0 Å². The summed E-state index contributed by atoms with van der Waals surface area (Å²) in [6.07, 6.45) is 3.88. The average Bonchev–Trinajstić information content (AvgIpc) is 3.58. The van der Waals surface area contributed by atoms with Crippen LogP contribution in [0, 0.1) is 20.8 Å². The molecule has 61 heavy (non-hydrogen) atoms. The summed E-state index contributed by atoms with van der Waals surface area (Å²) in [5.74, 6) is 0.899. The summed E-state index contributed by atoms with van der Waals surface area (Å²) < 4.78 is 2.28. The van der Waals surface area contributed by atoms with Crippen LogP contribution in [0.4, 0.5) is 17.1 Å². The van der Waals surface area contributed by atoms with Gasteiger partial charge in [-0.3, -0.25) is 9.55 Å². The monoisotopic (exact) mass is 784 g/mol. The van der Waals surface area contributed by atoms with Crippen LogP contribution < -0.4 is 4.90 Å². The quantitative estimate of drug-likeness (QED) is 0.146. The van der Waals surface area contributed by atoms with Gasteiger partial charge < -0.3 is 4.90 Å². The maximum Gasteiger partial charge on any atom is 0.137 e. The number of para-hydroxylation sites is 1. The number of rotatable bonds is 9. The number of benzene rings is 7. The number of fused-ring (bicyclic) bond motifs is 1. The zero-order chi connectivity index (χ0) is 41.3. The van der Waals surface area contributed by atoms with Gasteiger partial charge in [0.25, 0.3) is 0 Å². The van der Waals surface area contributed by atoms with Crippen LogP contribution in [-0.4, -0.2) is 14.5 Å². The number of anilines is 3. The molecule has 0 saturated carbocycles. The van der Waals surface area contributed by atoms with E-state index < -0.39 is 0 Å². The van der Waals surface area contributed by atoms with Crippen LogP contribution in [-0.2, 0) is 0 Å². The molecule has 4 heteroatoms. The SMILES string of the molecule is Cc1cnc(-c2cc(-c3ccccc3)cc(N(c3ccc4c(C)c(C)n(-c5ccccn5)c4c3)c3ccccc3-c3ccccc3)c2)cc1-c1ccc(-c2ccccc2)cc1. The predicted octanol–water partition coefficient (Wildman–Crippen LogP) is 15.2. The van der Waals surface area contributed by atoms with Crippen molar-refractivity contribution in [2.24, 2.45) is 0 Å². The molecule has 0 fully saturated rings. The Morgan fingerprint density at radius 3 is 1.72 bits per heavy atom. The summed E-state index contributed by atoms with van der Waals surface area (Å²) in [7, 11) is 0. The summed E-state index contributed by atoms with van der Waals surface area (Å²) in [5.41, 5.74) is 19.0. The van der Waals surface area contributed by atoms with Gasteiger partial charge in [-0.05, 0) is 125 Å². The molecule has 0 aliphatic heterocycles. The normalized spacial score (nSPS) is 11.2. The second-order valence-electron chi connectivity index (χ2n) is 15.6. The molecule has 0 bridgehead atoms. The minimum atomic E-state index is 0.899. The van der Waals surface area contributed by atoms with Crippen molar-refractivity contribution in [1.82, 2.24) is 14.5 Å². The minimum absolute atomic E-state index is 0.899. The van der Waals surface area contributed by atoms with Gasteiger partial charge in [0.05, 0.1) is 16.9 Å². The fourth-order valence-electron chi connectivity index (χ4n) is 8.59. The van der Waals surface area contributed by atoms with Crippen LogP contribution in [0.1, 0.15) is 16.8 Å². The van der Waals surface area contributed by atoms with Gasteiger partial charge >= 0.3 is 0 Å². The van der Waals surface area contributed by atoms with E-state index in [2.05, 4.69) is 224 Å². The molecule has 0 atom stereocenters. The zero-order valence-corrected chi connectivity index (χ0v) is 34.5. The first kappa shape index (κ1) is 37.5. The Hall–Kier alpha value is -7.82. The van der Waals surface area contributed by atoms with Crippen LogP contribution in [0.15, 0.2) is 213 Å². The van der Waals surface area contributed by atoms with E-state index in [0.29, 0.717) is 0 Å². The Morgan fingerprint density at radius 2 is 1.02 bits per heavy atom. The first-order valence-electron chi connectivity index (χ1n) is 20.8. The van der Waals surface area contributed by atoms with Gasteiger partial charge in [-0.1, -0.05) is 146 Å². The fourth-order valence-corrected chi connectivity index (χ4v) is 8.59. The smallest absolute Gasteiger partial charge is 0.137 e. The number of hydrogen-bond donors (Lipinski definition) is 0. The summed E-state index contributed by atoms with van der Waals surface area (Å²) in [6, 6.07) is 71.6. The summed E-state index contributed by atoms with van der Waals surface area (Å²) >= 11 is 0. The van der Waals surface area contributed by atoms with Crippen LogP contribution in [0.5, 0.6) is 0 Å². The molecule has 0 radical (unpaired) electrons. The number of aryl methyl sites for hydroxylation is 2. The van der Waals surface area contributed by atoms with Gasteiger partial charge in [0.1, 0.15) is 5.82 Å². The van der Waals surface area contributed by atoms with E-state index in [4.69, 9.17) is 9.97 Å². The van der Waals surface area contributed by atoms with Crippen LogP contribution >= 0.6 is 0 Å². The van der Waals surface area contributed by atoms with Crippen LogP contribution in [0.2, 0.25) is 0 Å². The lowest BCUT2D eigenvalue weighted by Gasteiger charge is -2.29. The Kier molecular flexibility index (Phi) is 9.88. The van der Waals surface area contributed by atoms with E-state index >= 15 is 0 Å². The lowest BCUT2D eigenvalue weighted by molar-refractivity contribution is 0.984. The molecule has 4 nitrogen and oxygen atoms in total. The molecular weight excluding hydrogens is 741 g/mol. The first-order chi connectivity index (χ1) is 30.0. The summed E-state index contributed by atoms with van der Waals surface area (Å²) in [4.78, 5) is 12.3.